The molecule has 6 nitrogen and oxygen atoms in total. The van der Waals surface area contributed by atoms with Gasteiger partial charge in [-0.2, -0.15) is 0 Å². The fourth-order valence-electron chi connectivity index (χ4n) is 3.15. The zero-order valence-corrected chi connectivity index (χ0v) is 15.5. The number of benzene rings is 1. The number of nitrogens with one attached hydrogen (secondary N) is 3. The molecule has 0 aliphatic carbocycles. The highest BCUT2D eigenvalue weighted by atomic mass is 15.1. The van der Waals surface area contributed by atoms with Gasteiger partial charge in [0.1, 0.15) is 5.65 Å². The average molecular weight is 358 g/mol. The largest absolute Gasteiger partial charge is 0.345 e. The van der Waals surface area contributed by atoms with Crippen LogP contribution in [-0.4, -0.2) is 33.5 Å². The highest BCUT2D eigenvalue weighted by Crippen LogP contribution is 2.27. The number of aryl methyl sites for hydroxylation is 1. The third-order valence-corrected chi connectivity index (χ3v) is 4.58. The summed E-state index contributed by atoms with van der Waals surface area (Å²) in [5, 5.41) is 7.57. The fourth-order valence-corrected chi connectivity index (χ4v) is 3.15. The number of aromatic nitrogens is 4. The molecule has 0 spiro atoms. The number of nitrogens with zero attached hydrogens (tertiary/aromatic N) is 3. The van der Waals surface area contributed by atoms with E-state index in [9.17, 15) is 0 Å². The number of fused-ring (bicyclic) bond motifs is 1. The van der Waals surface area contributed by atoms with Crippen LogP contribution in [-0.2, 0) is 6.42 Å². The first-order valence-electron chi connectivity index (χ1n) is 9.01. The molecule has 0 saturated heterocycles. The maximum Gasteiger partial charge on any atom is 0.227 e. The van der Waals surface area contributed by atoms with Crippen molar-refractivity contribution in [3.05, 3.63) is 66.1 Å². The van der Waals surface area contributed by atoms with Gasteiger partial charge in [-0.1, -0.05) is 12.1 Å². The van der Waals surface area contributed by atoms with Crippen molar-refractivity contribution in [1.82, 2.24) is 25.3 Å². The summed E-state index contributed by atoms with van der Waals surface area (Å²) >= 11 is 0. The van der Waals surface area contributed by atoms with Gasteiger partial charge in [0.05, 0.1) is 5.69 Å². The summed E-state index contributed by atoms with van der Waals surface area (Å²) in [6, 6.07) is 12.3. The predicted octanol–water partition coefficient (Wildman–Crippen LogP) is 3.83. The van der Waals surface area contributed by atoms with Gasteiger partial charge in [-0.05, 0) is 62.3 Å². The van der Waals surface area contributed by atoms with Crippen LogP contribution in [0.5, 0.6) is 0 Å². The topological polar surface area (TPSA) is 78.5 Å². The number of aromatic amines is 1. The van der Waals surface area contributed by atoms with Crippen molar-refractivity contribution < 1.29 is 0 Å². The Hall–Kier alpha value is -3.25. The second kappa shape index (κ2) is 7.55. The van der Waals surface area contributed by atoms with E-state index in [1.165, 1.54) is 11.1 Å². The average Bonchev–Trinajstić information content (AvgIpc) is 3.13. The van der Waals surface area contributed by atoms with E-state index in [4.69, 9.17) is 4.98 Å². The summed E-state index contributed by atoms with van der Waals surface area (Å²) in [5.41, 5.74) is 6.23. The maximum atomic E-state index is 4.69. The molecule has 6 heteroatoms. The van der Waals surface area contributed by atoms with Gasteiger partial charge in [-0.15, -0.1) is 0 Å². The summed E-state index contributed by atoms with van der Waals surface area (Å²) in [5.74, 6) is 0.580. The van der Waals surface area contributed by atoms with Crippen LogP contribution in [0.25, 0.3) is 22.3 Å². The summed E-state index contributed by atoms with van der Waals surface area (Å²) in [6.45, 7) is 3.07. The van der Waals surface area contributed by atoms with E-state index >= 15 is 0 Å². The van der Waals surface area contributed by atoms with Crippen LogP contribution in [0.1, 0.15) is 11.1 Å². The van der Waals surface area contributed by atoms with E-state index in [2.05, 4.69) is 50.7 Å². The standard InChI is InChI=1S/C21H22N6/c1-14-12-15(7-10-22-2)5-6-18(14)26-21-24-11-8-19(27-21)17-13-25-20-16(17)4-3-9-23-20/h3-6,8-9,11-13,22H,7,10H2,1-2H3,(H,23,25)(H,24,26,27). The normalized spacial score (nSPS) is 11.0. The number of hydrogen-bond donors (Lipinski definition) is 3. The van der Waals surface area contributed by atoms with Crippen LogP contribution in [0.4, 0.5) is 11.6 Å². The van der Waals surface area contributed by atoms with Crippen LogP contribution in [0.3, 0.4) is 0 Å². The van der Waals surface area contributed by atoms with Crippen molar-refractivity contribution in [2.45, 2.75) is 13.3 Å². The zero-order valence-electron chi connectivity index (χ0n) is 15.5. The van der Waals surface area contributed by atoms with E-state index in [0.29, 0.717) is 5.95 Å². The Balaban J connectivity index is 1.60. The Morgan fingerprint density at radius 1 is 1.07 bits per heavy atom. The van der Waals surface area contributed by atoms with Crippen molar-refractivity contribution in [3.63, 3.8) is 0 Å². The number of H-pyrrole nitrogens is 1. The lowest BCUT2D eigenvalue weighted by Crippen LogP contribution is -2.10. The molecule has 0 unspecified atom stereocenters. The zero-order chi connectivity index (χ0) is 18.6. The Morgan fingerprint density at radius 2 is 2.00 bits per heavy atom. The molecular formula is C21H22N6. The molecule has 27 heavy (non-hydrogen) atoms. The molecule has 4 rings (SSSR count). The number of rotatable bonds is 6. The van der Waals surface area contributed by atoms with Gasteiger partial charge in [-0.25, -0.2) is 15.0 Å². The molecule has 1 aromatic carbocycles. The van der Waals surface area contributed by atoms with Gasteiger partial charge in [0.25, 0.3) is 0 Å². The Morgan fingerprint density at radius 3 is 2.85 bits per heavy atom. The third kappa shape index (κ3) is 3.66. The molecule has 0 aliphatic heterocycles. The number of anilines is 2. The van der Waals surface area contributed by atoms with E-state index in [1.807, 2.05) is 31.4 Å². The van der Waals surface area contributed by atoms with Crippen molar-refractivity contribution in [3.8, 4) is 11.3 Å². The van der Waals surface area contributed by atoms with Crippen LogP contribution in [0.15, 0.2) is 55.0 Å². The lowest BCUT2D eigenvalue weighted by atomic mass is 10.1. The number of hydrogen-bond acceptors (Lipinski definition) is 5. The number of likely N-dealkylation sites (N-methyl/N-ethyl adjacent to an activating group) is 1. The van der Waals surface area contributed by atoms with Crippen LogP contribution in [0, 0.1) is 6.92 Å². The van der Waals surface area contributed by atoms with E-state index in [0.717, 1.165) is 40.9 Å². The summed E-state index contributed by atoms with van der Waals surface area (Å²) in [6.07, 6.45) is 6.50. The summed E-state index contributed by atoms with van der Waals surface area (Å²) < 4.78 is 0. The molecule has 0 fully saturated rings. The van der Waals surface area contributed by atoms with Gasteiger partial charge in [-0.3, -0.25) is 0 Å². The molecule has 3 aromatic heterocycles. The number of pyridine rings is 1. The molecular weight excluding hydrogens is 336 g/mol. The molecule has 0 bridgehead atoms. The summed E-state index contributed by atoms with van der Waals surface area (Å²) in [4.78, 5) is 16.6. The minimum Gasteiger partial charge on any atom is -0.345 e. The van der Waals surface area contributed by atoms with Gasteiger partial charge in [0.15, 0.2) is 0 Å². The highest BCUT2D eigenvalue weighted by Gasteiger charge is 2.10. The first-order valence-corrected chi connectivity index (χ1v) is 9.01. The van der Waals surface area contributed by atoms with Crippen molar-refractivity contribution in [2.75, 3.05) is 18.9 Å². The van der Waals surface area contributed by atoms with Gasteiger partial charge in [0.2, 0.25) is 5.95 Å². The summed E-state index contributed by atoms with van der Waals surface area (Å²) in [7, 11) is 1.97. The maximum absolute atomic E-state index is 4.69. The van der Waals surface area contributed by atoms with E-state index < -0.39 is 0 Å². The van der Waals surface area contributed by atoms with Crippen molar-refractivity contribution in [2.24, 2.45) is 0 Å². The highest BCUT2D eigenvalue weighted by molar-refractivity contribution is 5.92. The van der Waals surface area contributed by atoms with Gasteiger partial charge >= 0.3 is 0 Å². The predicted molar refractivity (Wildman–Crippen MR) is 109 cm³/mol. The van der Waals surface area contributed by atoms with Gasteiger partial charge < -0.3 is 15.6 Å². The van der Waals surface area contributed by atoms with Crippen molar-refractivity contribution in [1.29, 1.82) is 0 Å². The quantitative estimate of drug-likeness (QED) is 0.488. The van der Waals surface area contributed by atoms with E-state index in [-0.39, 0.29) is 0 Å². The SMILES string of the molecule is CNCCc1ccc(Nc2nccc(-c3c[nH]c4ncccc34)n2)c(C)c1. The Labute approximate surface area is 158 Å². The minimum absolute atomic E-state index is 0.580. The molecule has 0 saturated carbocycles. The second-order valence-electron chi connectivity index (χ2n) is 6.50. The third-order valence-electron chi connectivity index (χ3n) is 4.58. The van der Waals surface area contributed by atoms with Crippen molar-refractivity contribution >= 4 is 22.7 Å². The van der Waals surface area contributed by atoms with Crippen LogP contribution < -0.4 is 10.6 Å². The molecule has 0 aliphatic rings. The first-order chi connectivity index (χ1) is 13.2. The molecule has 3 heterocycles. The second-order valence-corrected chi connectivity index (χ2v) is 6.50. The molecule has 136 valence electrons. The smallest absolute Gasteiger partial charge is 0.227 e. The molecule has 0 radical (unpaired) electrons. The van der Waals surface area contributed by atoms with E-state index in [1.54, 1.807) is 12.4 Å². The molecule has 4 aromatic rings. The fraction of sp³-hybridized carbons (Fsp3) is 0.190. The van der Waals surface area contributed by atoms with Gasteiger partial charge in [0, 0.05) is 35.2 Å². The molecule has 0 atom stereocenters. The molecule has 3 N–H and O–H groups in total. The Kier molecular flexibility index (Phi) is 4.80. The monoisotopic (exact) mass is 358 g/mol. The Bertz CT molecular complexity index is 1070. The first kappa shape index (κ1) is 17.2. The lowest BCUT2D eigenvalue weighted by Gasteiger charge is -2.11. The lowest BCUT2D eigenvalue weighted by molar-refractivity contribution is 0.791. The van der Waals surface area contributed by atoms with Crippen LogP contribution >= 0.6 is 0 Å². The van der Waals surface area contributed by atoms with Crippen LogP contribution in [0.2, 0.25) is 0 Å². The molecule has 0 amide bonds. The minimum atomic E-state index is 0.580.